The summed E-state index contributed by atoms with van der Waals surface area (Å²) in [5.74, 6) is -1.01. The number of rotatable bonds is 5. The van der Waals surface area contributed by atoms with Gasteiger partial charge in [-0.3, -0.25) is 9.59 Å². The topological polar surface area (TPSA) is 96.0 Å². The van der Waals surface area contributed by atoms with E-state index in [0.29, 0.717) is 5.56 Å². The molecule has 0 unspecified atom stereocenters. The van der Waals surface area contributed by atoms with Gasteiger partial charge in [0, 0.05) is 12.0 Å². The van der Waals surface area contributed by atoms with E-state index in [1.54, 1.807) is 12.1 Å². The van der Waals surface area contributed by atoms with E-state index in [1.165, 1.54) is 0 Å². The summed E-state index contributed by atoms with van der Waals surface area (Å²) in [6.45, 7) is 0. The zero-order chi connectivity index (χ0) is 15.2. The number of nitrogens with two attached hydrogens (primary N) is 1. The fourth-order valence-electron chi connectivity index (χ4n) is 2.15. The number of benzene rings is 2. The number of nitrogens with one attached hydrogen (secondary N) is 1. The van der Waals surface area contributed by atoms with Crippen molar-refractivity contribution in [1.29, 1.82) is 5.26 Å². The fourth-order valence-corrected chi connectivity index (χ4v) is 2.15. The predicted molar refractivity (Wildman–Crippen MR) is 79.2 cm³/mol. The van der Waals surface area contributed by atoms with Crippen LogP contribution in [-0.4, -0.2) is 17.9 Å². The third-order valence-electron chi connectivity index (χ3n) is 3.23. The molecule has 0 aromatic heterocycles. The monoisotopic (exact) mass is 281 g/mol. The minimum atomic E-state index is -0.837. The minimum Gasteiger partial charge on any atom is -0.368 e. The first kappa shape index (κ1) is 14.5. The van der Waals surface area contributed by atoms with Gasteiger partial charge in [0.15, 0.2) is 0 Å². The number of nitrogens with zero attached hydrogens (tertiary/aromatic N) is 1. The van der Waals surface area contributed by atoms with Gasteiger partial charge in [-0.15, -0.1) is 0 Å². The van der Waals surface area contributed by atoms with Crippen LogP contribution in [0.5, 0.6) is 0 Å². The number of hydrogen-bond donors (Lipinski definition) is 2. The lowest BCUT2D eigenvalue weighted by molar-refractivity contribution is -0.119. The molecule has 106 valence electrons. The molecular formula is C16H15N3O2. The van der Waals surface area contributed by atoms with Gasteiger partial charge in [-0.1, -0.05) is 36.4 Å². The molecule has 0 bridgehead atoms. The zero-order valence-corrected chi connectivity index (χ0v) is 11.4. The first-order valence-electron chi connectivity index (χ1n) is 6.58. The molecule has 0 saturated carbocycles. The van der Waals surface area contributed by atoms with Crippen LogP contribution in [0.2, 0.25) is 0 Å². The van der Waals surface area contributed by atoms with Crippen molar-refractivity contribution in [2.24, 2.45) is 5.73 Å². The second-order valence-electron chi connectivity index (χ2n) is 4.65. The largest absolute Gasteiger partial charge is 0.368 e. The van der Waals surface area contributed by atoms with Crippen LogP contribution in [0.1, 0.15) is 23.2 Å². The average molecular weight is 281 g/mol. The van der Waals surface area contributed by atoms with Gasteiger partial charge in [0.05, 0.1) is 6.07 Å². The summed E-state index contributed by atoms with van der Waals surface area (Å²) in [6, 6.07) is 14.0. The SMILES string of the molecule is N#CCC[C@@H](NC(=O)c1cccc2ccccc12)C(N)=O. The average Bonchev–Trinajstić information content (AvgIpc) is 2.50. The lowest BCUT2D eigenvalue weighted by atomic mass is 10.0. The number of carbonyl (C=O) groups is 2. The molecule has 0 fully saturated rings. The van der Waals surface area contributed by atoms with Crippen LogP contribution in [0.25, 0.3) is 10.8 Å². The Kier molecular flexibility index (Phi) is 4.52. The number of fused-ring (bicyclic) bond motifs is 1. The normalized spacial score (nSPS) is 11.6. The maximum Gasteiger partial charge on any atom is 0.252 e. The summed E-state index contributed by atoms with van der Waals surface area (Å²) in [7, 11) is 0. The molecule has 2 aromatic rings. The van der Waals surface area contributed by atoms with Crippen molar-refractivity contribution in [2.45, 2.75) is 18.9 Å². The Balaban J connectivity index is 2.26. The highest BCUT2D eigenvalue weighted by Gasteiger charge is 2.19. The summed E-state index contributed by atoms with van der Waals surface area (Å²) in [6.07, 6.45) is 0.367. The Labute approximate surface area is 122 Å². The number of nitriles is 1. The van der Waals surface area contributed by atoms with Gasteiger partial charge >= 0.3 is 0 Å². The maximum absolute atomic E-state index is 12.3. The van der Waals surface area contributed by atoms with Crippen LogP contribution in [-0.2, 0) is 4.79 Å². The Morgan fingerprint density at radius 3 is 2.62 bits per heavy atom. The van der Waals surface area contributed by atoms with E-state index in [0.717, 1.165) is 10.8 Å². The lowest BCUT2D eigenvalue weighted by Crippen LogP contribution is -2.44. The highest BCUT2D eigenvalue weighted by atomic mass is 16.2. The van der Waals surface area contributed by atoms with Crippen molar-refractivity contribution >= 4 is 22.6 Å². The summed E-state index contributed by atoms with van der Waals surface area (Å²) in [5, 5.41) is 12.9. The van der Waals surface area contributed by atoms with Crippen LogP contribution in [0.15, 0.2) is 42.5 Å². The van der Waals surface area contributed by atoms with E-state index in [4.69, 9.17) is 11.0 Å². The molecule has 0 aliphatic carbocycles. The summed E-state index contributed by atoms with van der Waals surface area (Å²) < 4.78 is 0. The smallest absolute Gasteiger partial charge is 0.252 e. The molecular weight excluding hydrogens is 266 g/mol. The van der Waals surface area contributed by atoms with Gasteiger partial charge in [-0.05, 0) is 23.3 Å². The lowest BCUT2D eigenvalue weighted by Gasteiger charge is -2.15. The number of amides is 2. The van der Waals surface area contributed by atoms with Gasteiger partial charge in [0.25, 0.3) is 5.91 Å². The second kappa shape index (κ2) is 6.53. The van der Waals surface area contributed by atoms with Gasteiger partial charge < -0.3 is 11.1 Å². The molecule has 2 rings (SSSR count). The molecule has 21 heavy (non-hydrogen) atoms. The van der Waals surface area contributed by atoms with Crippen molar-refractivity contribution in [2.75, 3.05) is 0 Å². The van der Waals surface area contributed by atoms with Crippen LogP contribution in [0, 0.1) is 11.3 Å². The Morgan fingerprint density at radius 2 is 1.90 bits per heavy atom. The van der Waals surface area contributed by atoms with Crippen molar-refractivity contribution < 1.29 is 9.59 Å². The molecule has 5 heteroatoms. The maximum atomic E-state index is 12.3. The number of hydrogen-bond acceptors (Lipinski definition) is 3. The van der Waals surface area contributed by atoms with E-state index >= 15 is 0 Å². The molecule has 0 radical (unpaired) electrons. The Hall–Kier alpha value is -2.87. The number of primary amides is 1. The van der Waals surface area contributed by atoms with Crippen LogP contribution >= 0.6 is 0 Å². The zero-order valence-electron chi connectivity index (χ0n) is 11.4. The van der Waals surface area contributed by atoms with Gasteiger partial charge in [-0.25, -0.2) is 0 Å². The molecule has 0 saturated heterocycles. The summed E-state index contributed by atoms with van der Waals surface area (Å²) >= 11 is 0. The molecule has 0 aliphatic heterocycles. The molecule has 2 amide bonds. The Bertz CT molecular complexity index is 714. The number of carbonyl (C=O) groups excluding carboxylic acids is 2. The third kappa shape index (κ3) is 3.37. The first-order chi connectivity index (χ1) is 10.1. The van der Waals surface area contributed by atoms with Crippen molar-refractivity contribution in [3.05, 3.63) is 48.0 Å². The first-order valence-corrected chi connectivity index (χ1v) is 6.58. The molecule has 0 aliphatic rings. The van der Waals surface area contributed by atoms with E-state index in [9.17, 15) is 9.59 Å². The van der Waals surface area contributed by atoms with Crippen molar-refractivity contribution in [3.8, 4) is 6.07 Å². The summed E-state index contributed by atoms with van der Waals surface area (Å²) in [5.41, 5.74) is 5.74. The molecule has 0 spiro atoms. The standard InChI is InChI=1S/C16H15N3O2/c17-10-4-9-14(15(18)20)19-16(21)13-8-3-6-11-5-1-2-7-12(11)13/h1-3,5-8,14H,4,9H2,(H2,18,20)(H,19,21)/t14-/m1/s1. The molecule has 0 heterocycles. The van der Waals surface area contributed by atoms with E-state index in [2.05, 4.69) is 5.32 Å². The van der Waals surface area contributed by atoms with Gasteiger partial charge in [0.1, 0.15) is 6.04 Å². The fraction of sp³-hybridized carbons (Fsp3) is 0.188. The molecule has 1 atom stereocenters. The molecule has 5 nitrogen and oxygen atoms in total. The van der Waals surface area contributed by atoms with Gasteiger partial charge in [0.2, 0.25) is 5.91 Å². The Morgan fingerprint density at radius 1 is 1.19 bits per heavy atom. The third-order valence-corrected chi connectivity index (χ3v) is 3.23. The van der Waals surface area contributed by atoms with Crippen LogP contribution in [0.4, 0.5) is 0 Å². The highest BCUT2D eigenvalue weighted by Crippen LogP contribution is 2.18. The second-order valence-corrected chi connectivity index (χ2v) is 4.65. The van der Waals surface area contributed by atoms with Crippen LogP contribution in [0.3, 0.4) is 0 Å². The van der Waals surface area contributed by atoms with Crippen LogP contribution < -0.4 is 11.1 Å². The highest BCUT2D eigenvalue weighted by molar-refractivity contribution is 6.08. The van der Waals surface area contributed by atoms with E-state index < -0.39 is 11.9 Å². The van der Waals surface area contributed by atoms with E-state index in [1.807, 2.05) is 36.4 Å². The summed E-state index contributed by atoms with van der Waals surface area (Å²) in [4.78, 5) is 23.7. The quantitative estimate of drug-likeness (QED) is 0.873. The van der Waals surface area contributed by atoms with Gasteiger partial charge in [-0.2, -0.15) is 5.26 Å². The predicted octanol–water partition coefficient (Wildman–Crippen LogP) is 1.73. The minimum absolute atomic E-state index is 0.156. The van der Waals surface area contributed by atoms with E-state index in [-0.39, 0.29) is 18.7 Å². The van der Waals surface area contributed by atoms with Crippen molar-refractivity contribution in [1.82, 2.24) is 5.32 Å². The molecule has 2 aromatic carbocycles. The molecule has 3 N–H and O–H groups in total. The van der Waals surface area contributed by atoms with Crippen molar-refractivity contribution in [3.63, 3.8) is 0 Å².